The average molecular weight is 396 g/mol. The maximum atomic E-state index is 12.8. The van der Waals surface area contributed by atoms with Crippen LogP contribution in [0.4, 0.5) is 5.69 Å². The van der Waals surface area contributed by atoms with Crippen LogP contribution in [0.3, 0.4) is 0 Å². The summed E-state index contributed by atoms with van der Waals surface area (Å²) < 4.78 is 0. The monoisotopic (exact) mass is 395 g/mol. The molecule has 1 aliphatic heterocycles. The third-order valence-corrected chi connectivity index (χ3v) is 6.53. The van der Waals surface area contributed by atoms with Crippen molar-refractivity contribution in [2.24, 2.45) is 11.8 Å². The Bertz CT molecular complexity index is 780. The van der Waals surface area contributed by atoms with E-state index in [2.05, 4.69) is 47.5 Å². The molecular formula is C24H33N3O2. The Morgan fingerprint density at radius 2 is 1.93 bits per heavy atom. The molecule has 0 radical (unpaired) electrons. The van der Waals surface area contributed by atoms with E-state index in [4.69, 9.17) is 0 Å². The van der Waals surface area contributed by atoms with Crippen molar-refractivity contribution in [3.05, 3.63) is 41.5 Å². The Morgan fingerprint density at radius 1 is 1.10 bits per heavy atom. The van der Waals surface area contributed by atoms with Gasteiger partial charge in [-0.1, -0.05) is 23.8 Å². The second kappa shape index (κ2) is 9.02. The molecule has 5 nitrogen and oxygen atoms in total. The minimum Gasteiger partial charge on any atom is -0.368 e. The van der Waals surface area contributed by atoms with Gasteiger partial charge in [-0.15, -0.1) is 0 Å². The van der Waals surface area contributed by atoms with Crippen LogP contribution < -0.4 is 10.2 Å². The van der Waals surface area contributed by atoms with Crippen LogP contribution in [0, 0.1) is 18.8 Å². The van der Waals surface area contributed by atoms with Gasteiger partial charge < -0.3 is 15.1 Å². The third kappa shape index (κ3) is 5.01. The number of amides is 2. The van der Waals surface area contributed by atoms with E-state index < -0.39 is 0 Å². The molecule has 0 bridgehead atoms. The fraction of sp³-hybridized carbons (Fsp3) is 0.583. The summed E-state index contributed by atoms with van der Waals surface area (Å²) in [5.41, 5.74) is 3.97. The zero-order valence-corrected chi connectivity index (χ0v) is 17.5. The average Bonchev–Trinajstić information content (AvgIpc) is 3.55. The summed E-state index contributed by atoms with van der Waals surface area (Å²) in [6.07, 6.45) is 8.92. The van der Waals surface area contributed by atoms with Crippen LogP contribution in [0.25, 0.3) is 0 Å². The van der Waals surface area contributed by atoms with E-state index in [0.29, 0.717) is 13.0 Å². The maximum absolute atomic E-state index is 12.8. The van der Waals surface area contributed by atoms with E-state index in [-0.39, 0.29) is 23.7 Å². The fourth-order valence-corrected chi connectivity index (χ4v) is 4.61. The van der Waals surface area contributed by atoms with Crippen molar-refractivity contribution in [1.82, 2.24) is 10.2 Å². The number of allylic oxidation sites excluding steroid dienone is 1. The molecule has 1 N–H and O–H groups in total. The van der Waals surface area contributed by atoms with Gasteiger partial charge in [0.05, 0.1) is 11.8 Å². The van der Waals surface area contributed by atoms with E-state index >= 15 is 0 Å². The normalized spacial score (nSPS) is 24.1. The Morgan fingerprint density at radius 3 is 2.66 bits per heavy atom. The van der Waals surface area contributed by atoms with Gasteiger partial charge in [0.25, 0.3) is 0 Å². The lowest BCUT2D eigenvalue weighted by Gasteiger charge is -2.36. The molecule has 4 rings (SSSR count). The maximum Gasteiger partial charge on any atom is 0.226 e. The molecule has 1 aromatic carbocycles. The van der Waals surface area contributed by atoms with Crippen LogP contribution in [-0.2, 0) is 9.59 Å². The molecule has 2 amide bonds. The van der Waals surface area contributed by atoms with E-state index in [1.807, 2.05) is 4.90 Å². The molecular weight excluding hydrogens is 362 g/mol. The lowest BCUT2D eigenvalue weighted by molar-refractivity contribution is -0.135. The number of benzene rings is 1. The quantitative estimate of drug-likeness (QED) is 0.752. The first-order valence-electron chi connectivity index (χ1n) is 11.2. The van der Waals surface area contributed by atoms with Crippen molar-refractivity contribution in [3.63, 3.8) is 0 Å². The van der Waals surface area contributed by atoms with E-state index in [1.54, 1.807) is 0 Å². The highest BCUT2D eigenvalue weighted by Crippen LogP contribution is 2.40. The number of aryl methyl sites for hydroxylation is 1. The number of carbonyl (C=O) groups excluding carboxylic acids is 2. The van der Waals surface area contributed by atoms with Gasteiger partial charge in [-0.05, 0) is 63.1 Å². The fourth-order valence-electron chi connectivity index (χ4n) is 4.61. The molecule has 2 fully saturated rings. The second-order valence-corrected chi connectivity index (χ2v) is 8.75. The summed E-state index contributed by atoms with van der Waals surface area (Å²) in [4.78, 5) is 29.5. The number of rotatable bonds is 6. The first-order valence-corrected chi connectivity index (χ1v) is 11.2. The Balaban J connectivity index is 1.19. The molecule has 1 saturated carbocycles. The van der Waals surface area contributed by atoms with Gasteiger partial charge in [-0.3, -0.25) is 9.59 Å². The largest absolute Gasteiger partial charge is 0.368 e. The number of nitrogens with zero attached hydrogens (tertiary/aromatic N) is 2. The first-order chi connectivity index (χ1) is 14.1. The van der Waals surface area contributed by atoms with Crippen LogP contribution in [0.15, 0.2) is 35.9 Å². The highest BCUT2D eigenvalue weighted by Gasteiger charge is 2.49. The molecule has 2 atom stereocenters. The van der Waals surface area contributed by atoms with Gasteiger partial charge in [-0.2, -0.15) is 0 Å². The third-order valence-electron chi connectivity index (χ3n) is 6.53. The zero-order valence-electron chi connectivity index (χ0n) is 17.5. The first kappa shape index (κ1) is 20.0. The highest BCUT2D eigenvalue weighted by molar-refractivity contribution is 5.92. The summed E-state index contributed by atoms with van der Waals surface area (Å²) in [5.74, 6) is 0.0224. The summed E-state index contributed by atoms with van der Waals surface area (Å²) in [6, 6.07) is 8.52. The molecule has 1 saturated heterocycles. The standard InChI is InChI=1S/C24H33N3O2/c1-18-6-5-9-20(16-18)26-12-14-27(15-13-26)24(29)22-17-21(22)23(28)25-11-10-19-7-3-2-4-8-19/h5-7,9,16,21-22H,2-4,8,10-15,17H2,1H3,(H,25,28). The van der Waals surface area contributed by atoms with Gasteiger partial charge in [0.1, 0.15) is 0 Å². The number of hydrogen-bond acceptors (Lipinski definition) is 3. The van der Waals surface area contributed by atoms with Crippen molar-refractivity contribution in [2.75, 3.05) is 37.6 Å². The number of nitrogens with one attached hydrogen (secondary N) is 1. The molecule has 1 heterocycles. The van der Waals surface area contributed by atoms with Crippen molar-refractivity contribution in [2.45, 2.75) is 45.4 Å². The number of hydrogen-bond donors (Lipinski definition) is 1. The molecule has 5 heteroatoms. The zero-order chi connectivity index (χ0) is 20.2. The molecule has 0 aromatic heterocycles. The Kier molecular flexibility index (Phi) is 6.22. The van der Waals surface area contributed by atoms with Crippen LogP contribution in [0.2, 0.25) is 0 Å². The van der Waals surface area contributed by atoms with Crippen molar-refractivity contribution < 1.29 is 9.59 Å². The van der Waals surface area contributed by atoms with Gasteiger partial charge in [-0.25, -0.2) is 0 Å². The summed E-state index contributed by atoms with van der Waals surface area (Å²) >= 11 is 0. The number of carbonyl (C=O) groups is 2. The molecule has 3 aliphatic rings. The van der Waals surface area contributed by atoms with Crippen molar-refractivity contribution >= 4 is 17.5 Å². The topological polar surface area (TPSA) is 52.7 Å². The van der Waals surface area contributed by atoms with Crippen molar-refractivity contribution in [3.8, 4) is 0 Å². The predicted octanol–water partition coefficient (Wildman–Crippen LogP) is 3.29. The minimum absolute atomic E-state index is 0.0677. The summed E-state index contributed by atoms with van der Waals surface area (Å²) in [7, 11) is 0. The van der Waals surface area contributed by atoms with Gasteiger partial charge in [0.2, 0.25) is 11.8 Å². The van der Waals surface area contributed by atoms with Crippen LogP contribution in [0.1, 0.15) is 44.1 Å². The molecule has 2 unspecified atom stereocenters. The predicted molar refractivity (Wildman–Crippen MR) is 116 cm³/mol. The van der Waals surface area contributed by atoms with Crippen LogP contribution in [0.5, 0.6) is 0 Å². The SMILES string of the molecule is Cc1cccc(N2CCN(C(=O)C3CC3C(=O)NCCC3=CCCCC3)CC2)c1. The van der Waals surface area contributed by atoms with Gasteiger partial charge in [0.15, 0.2) is 0 Å². The van der Waals surface area contributed by atoms with Gasteiger partial charge in [0, 0.05) is 38.4 Å². The van der Waals surface area contributed by atoms with Crippen LogP contribution in [-0.4, -0.2) is 49.4 Å². The lowest BCUT2D eigenvalue weighted by Crippen LogP contribution is -2.49. The molecule has 156 valence electrons. The van der Waals surface area contributed by atoms with Gasteiger partial charge >= 0.3 is 0 Å². The van der Waals surface area contributed by atoms with Crippen LogP contribution >= 0.6 is 0 Å². The van der Waals surface area contributed by atoms with E-state index in [9.17, 15) is 9.59 Å². The molecule has 29 heavy (non-hydrogen) atoms. The van der Waals surface area contributed by atoms with E-state index in [0.717, 1.165) is 32.6 Å². The highest BCUT2D eigenvalue weighted by atomic mass is 16.2. The van der Waals surface area contributed by atoms with E-state index in [1.165, 1.54) is 42.5 Å². The van der Waals surface area contributed by atoms with Crippen molar-refractivity contribution in [1.29, 1.82) is 0 Å². The lowest BCUT2D eigenvalue weighted by atomic mass is 9.97. The molecule has 0 spiro atoms. The second-order valence-electron chi connectivity index (χ2n) is 8.75. The number of piperazine rings is 1. The molecule has 1 aromatic rings. The summed E-state index contributed by atoms with van der Waals surface area (Å²) in [6.45, 7) is 6.00. The Labute approximate surface area is 174 Å². The smallest absolute Gasteiger partial charge is 0.226 e. The molecule has 2 aliphatic carbocycles. The minimum atomic E-state index is -0.113. The number of anilines is 1. The Hall–Kier alpha value is -2.30. The summed E-state index contributed by atoms with van der Waals surface area (Å²) in [5, 5.41) is 3.05.